The Morgan fingerprint density at radius 1 is 1.28 bits per heavy atom. The number of hydrogen-bond acceptors (Lipinski definition) is 3. The summed E-state index contributed by atoms with van der Waals surface area (Å²) in [6.45, 7) is 9.59. The number of nitrogens with zero attached hydrogens (tertiary/aromatic N) is 1. The van der Waals surface area contributed by atoms with E-state index in [1.54, 1.807) is 6.07 Å². The first-order valence-electron chi connectivity index (χ1n) is 8.57. The summed E-state index contributed by atoms with van der Waals surface area (Å²) in [5.74, 6) is 1.25. The van der Waals surface area contributed by atoms with Crippen molar-refractivity contribution in [3.05, 3.63) is 34.9 Å². The first-order chi connectivity index (χ1) is 11.5. The van der Waals surface area contributed by atoms with E-state index < -0.39 is 6.10 Å². The Morgan fingerprint density at radius 3 is 2.64 bits per heavy atom. The fourth-order valence-electron chi connectivity index (χ4n) is 2.06. The van der Waals surface area contributed by atoms with Crippen molar-refractivity contribution in [1.29, 1.82) is 0 Å². The van der Waals surface area contributed by atoms with E-state index in [9.17, 15) is 5.11 Å². The minimum absolute atomic E-state index is 0. The minimum Gasteiger partial charge on any atom is -0.386 e. The van der Waals surface area contributed by atoms with Crippen LogP contribution in [0.25, 0.3) is 0 Å². The molecule has 0 saturated carbocycles. The second-order valence-corrected chi connectivity index (χ2v) is 6.41. The van der Waals surface area contributed by atoms with Gasteiger partial charge in [-0.3, -0.25) is 4.99 Å². The molecule has 0 saturated heterocycles. The van der Waals surface area contributed by atoms with Crippen LogP contribution in [0.4, 0.5) is 0 Å². The molecule has 1 aromatic carbocycles. The smallest absolute Gasteiger partial charge is 0.191 e. The van der Waals surface area contributed by atoms with Gasteiger partial charge in [0.2, 0.25) is 0 Å². The second-order valence-electron chi connectivity index (χ2n) is 6.01. The number of aliphatic hydroxyl groups excluding tert-OH is 1. The van der Waals surface area contributed by atoms with Crippen LogP contribution in [0.2, 0.25) is 5.02 Å². The molecule has 0 aliphatic carbocycles. The predicted molar refractivity (Wildman–Crippen MR) is 116 cm³/mol. The van der Waals surface area contributed by atoms with Crippen LogP contribution < -0.4 is 10.6 Å². The average molecular weight is 484 g/mol. The molecule has 0 aromatic heterocycles. The van der Waals surface area contributed by atoms with Crippen molar-refractivity contribution in [2.75, 3.05) is 32.8 Å². The van der Waals surface area contributed by atoms with Gasteiger partial charge in [0.15, 0.2) is 5.96 Å². The van der Waals surface area contributed by atoms with Crippen LogP contribution in [0.3, 0.4) is 0 Å². The number of ether oxygens (including phenoxy) is 1. The van der Waals surface area contributed by atoms with Crippen molar-refractivity contribution in [3.63, 3.8) is 0 Å². The Kier molecular flexibility index (Phi) is 14.3. The first kappa shape index (κ1) is 24.4. The zero-order chi connectivity index (χ0) is 17.8. The highest BCUT2D eigenvalue weighted by Crippen LogP contribution is 2.22. The zero-order valence-electron chi connectivity index (χ0n) is 15.3. The number of hydrogen-bond donors (Lipinski definition) is 3. The maximum Gasteiger partial charge on any atom is 0.191 e. The molecule has 7 heteroatoms. The molecule has 1 atom stereocenters. The van der Waals surface area contributed by atoms with E-state index in [1.165, 1.54) is 0 Å². The van der Waals surface area contributed by atoms with E-state index in [0.29, 0.717) is 22.5 Å². The Labute approximate surface area is 173 Å². The molecule has 0 bridgehead atoms. The van der Waals surface area contributed by atoms with Gasteiger partial charge < -0.3 is 20.5 Å². The Balaban J connectivity index is 0.00000576. The van der Waals surface area contributed by atoms with E-state index in [1.807, 2.05) is 25.1 Å². The number of guanidine groups is 1. The van der Waals surface area contributed by atoms with Gasteiger partial charge in [0.1, 0.15) is 6.10 Å². The van der Waals surface area contributed by atoms with Crippen molar-refractivity contribution >= 4 is 41.5 Å². The lowest BCUT2D eigenvalue weighted by Crippen LogP contribution is -2.38. The average Bonchev–Trinajstić information content (AvgIpc) is 2.55. The van der Waals surface area contributed by atoms with Crippen LogP contribution in [-0.4, -0.2) is 43.9 Å². The molecule has 0 spiro atoms. The molecule has 1 rings (SSSR count). The highest BCUT2D eigenvalue weighted by Gasteiger charge is 2.10. The van der Waals surface area contributed by atoms with Crippen molar-refractivity contribution < 1.29 is 9.84 Å². The van der Waals surface area contributed by atoms with Crippen molar-refractivity contribution in [1.82, 2.24) is 10.6 Å². The monoisotopic (exact) mass is 483 g/mol. The van der Waals surface area contributed by atoms with Crippen LogP contribution >= 0.6 is 35.6 Å². The van der Waals surface area contributed by atoms with E-state index in [4.69, 9.17) is 16.3 Å². The summed E-state index contributed by atoms with van der Waals surface area (Å²) in [6.07, 6.45) is 0.188. The summed E-state index contributed by atoms with van der Waals surface area (Å²) < 4.78 is 5.55. The van der Waals surface area contributed by atoms with E-state index in [0.717, 1.165) is 32.7 Å². The maximum atomic E-state index is 10.2. The molecule has 1 unspecified atom stereocenters. The summed E-state index contributed by atoms with van der Waals surface area (Å²) in [5, 5.41) is 17.2. The summed E-state index contributed by atoms with van der Waals surface area (Å²) in [4.78, 5) is 4.42. The topological polar surface area (TPSA) is 65.9 Å². The molecule has 0 aliphatic heterocycles. The number of benzene rings is 1. The van der Waals surface area contributed by atoms with Crippen molar-refractivity contribution in [3.8, 4) is 0 Å². The largest absolute Gasteiger partial charge is 0.386 e. The first-order valence-corrected chi connectivity index (χ1v) is 8.94. The summed E-state index contributed by atoms with van der Waals surface area (Å²) >= 11 is 6.10. The van der Waals surface area contributed by atoms with Crippen LogP contribution in [0.15, 0.2) is 29.3 Å². The van der Waals surface area contributed by atoms with Crippen molar-refractivity contribution in [2.24, 2.45) is 10.9 Å². The summed E-state index contributed by atoms with van der Waals surface area (Å²) in [6, 6.07) is 7.28. The minimum atomic E-state index is -0.719. The fraction of sp³-hybridized carbons (Fsp3) is 0.611. The van der Waals surface area contributed by atoms with Crippen LogP contribution in [0.5, 0.6) is 0 Å². The molecule has 3 N–H and O–H groups in total. The SMILES string of the molecule is CCNC(=NCC(O)c1ccccc1Cl)NCCCOCC(C)C.I. The molecule has 144 valence electrons. The summed E-state index contributed by atoms with van der Waals surface area (Å²) in [7, 11) is 0. The second kappa shape index (κ2) is 14.6. The third-order valence-electron chi connectivity index (χ3n) is 3.24. The third-order valence-corrected chi connectivity index (χ3v) is 3.58. The Morgan fingerprint density at radius 2 is 2.00 bits per heavy atom. The number of nitrogens with one attached hydrogen (secondary N) is 2. The third kappa shape index (κ3) is 10.9. The molecular formula is C18H31ClIN3O2. The molecule has 5 nitrogen and oxygen atoms in total. The van der Waals surface area contributed by atoms with Crippen LogP contribution in [0, 0.1) is 5.92 Å². The van der Waals surface area contributed by atoms with Gasteiger partial charge in [0, 0.05) is 36.9 Å². The van der Waals surface area contributed by atoms with Crippen LogP contribution in [0.1, 0.15) is 38.9 Å². The van der Waals surface area contributed by atoms with Gasteiger partial charge in [0.05, 0.1) is 6.54 Å². The highest BCUT2D eigenvalue weighted by atomic mass is 127. The number of aliphatic imine (C=N–C) groups is 1. The molecule has 25 heavy (non-hydrogen) atoms. The standard InChI is InChI=1S/C18H30ClN3O2.HI/c1-4-20-18(21-10-7-11-24-13-14(2)3)22-12-17(23)15-8-5-6-9-16(15)19;/h5-6,8-9,14,17,23H,4,7,10-13H2,1-3H3,(H2,20,21,22);1H. The highest BCUT2D eigenvalue weighted by molar-refractivity contribution is 14.0. The van der Waals surface area contributed by atoms with Gasteiger partial charge >= 0.3 is 0 Å². The van der Waals surface area contributed by atoms with E-state index in [2.05, 4.69) is 29.5 Å². The zero-order valence-corrected chi connectivity index (χ0v) is 18.4. The fourth-order valence-corrected chi connectivity index (χ4v) is 2.32. The van der Waals surface area contributed by atoms with Gasteiger partial charge in [0.25, 0.3) is 0 Å². The van der Waals surface area contributed by atoms with Crippen molar-refractivity contribution in [2.45, 2.75) is 33.3 Å². The molecule has 0 amide bonds. The van der Waals surface area contributed by atoms with Gasteiger partial charge in [-0.1, -0.05) is 43.6 Å². The predicted octanol–water partition coefficient (Wildman–Crippen LogP) is 3.61. The lowest BCUT2D eigenvalue weighted by Gasteiger charge is -2.14. The molecule has 0 radical (unpaired) electrons. The number of aliphatic hydroxyl groups is 1. The van der Waals surface area contributed by atoms with E-state index >= 15 is 0 Å². The molecule has 0 fully saturated rings. The molecular weight excluding hydrogens is 453 g/mol. The lowest BCUT2D eigenvalue weighted by molar-refractivity contribution is 0.108. The quantitative estimate of drug-likeness (QED) is 0.206. The Hall–Kier alpha value is -0.570. The normalized spacial score (nSPS) is 12.6. The van der Waals surface area contributed by atoms with Gasteiger partial charge in [-0.15, -0.1) is 24.0 Å². The molecule has 0 heterocycles. The number of halogens is 2. The number of rotatable bonds is 10. The molecule has 0 aliphatic rings. The van der Waals surface area contributed by atoms with Gasteiger partial charge in [-0.05, 0) is 25.3 Å². The van der Waals surface area contributed by atoms with Gasteiger partial charge in [-0.2, -0.15) is 0 Å². The maximum absolute atomic E-state index is 10.2. The summed E-state index contributed by atoms with van der Waals surface area (Å²) in [5.41, 5.74) is 0.695. The molecule has 1 aromatic rings. The van der Waals surface area contributed by atoms with Gasteiger partial charge in [-0.25, -0.2) is 0 Å². The van der Waals surface area contributed by atoms with E-state index in [-0.39, 0.29) is 30.5 Å². The Bertz CT molecular complexity index is 501. The lowest BCUT2D eigenvalue weighted by atomic mass is 10.1. The van der Waals surface area contributed by atoms with Crippen LogP contribution in [-0.2, 0) is 4.74 Å².